The molecule has 0 aromatic heterocycles. The number of carboxylic acid groups (broad SMARTS) is 1. The van der Waals surface area contributed by atoms with Gasteiger partial charge >= 0.3 is 5.97 Å². The number of rotatable bonds is 5. The van der Waals surface area contributed by atoms with Crippen LogP contribution in [0.5, 0.6) is 0 Å². The highest BCUT2D eigenvalue weighted by Crippen LogP contribution is 2.75. The zero-order valence-corrected chi connectivity index (χ0v) is 22.7. The fourth-order valence-electron chi connectivity index (χ4n) is 10.1. The Hall–Kier alpha value is -1.16. The molecule has 0 spiro atoms. The maximum absolute atomic E-state index is 12.9. The molecule has 0 aromatic carbocycles. The highest BCUT2D eigenvalue weighted by atomic mass is 16.4. The maximum atomic E-state index is 12.9. The topological polar surface area (TPSA) is 74.6 Å². The molecule has 34 heavy (non-hydrogen) atoms. The van der Waals surface area contributed by atoms with Crippen LogP contribution < -0.4 is 0 Å². The van der Waals surface area contributed by atoms with Crippen LogP contribution in [0.4, 0.5) is 0 Å². The van der Waals surface area contributed by atoms with Gasteiger partial charge in [-0.15, -0.1) is 0 Å². The highest BCUT2D eigenvalue weighted by molar-refractivity contribution is 5.85. The van der Waals surface area contributed by atoms with E-state index in [1.54, 1.807) is 0 Å². The molecular weight excluding hydrogens is 424 g/mol. The maximum Gasteiger partial charge on any atom is 0.335 e. The van der Waals surface area contributed by atoms with E-state index in [-0.39, 0.29) is 33.5 Å². The smallest absolute Gasteiger partial charge is 0.335 e. The van der Waals surface area contributed by atoms with Gasteiger partial charge in [0.1, 0.15) is 5.78 Å². The first-order chi connectivity index (χ1) is 15.6. The van der Waals surface area contributed by atoms with Gasteiger partial charge < -0.3 is 10.2 Å². The van der Waals surface area contributed by atoms with E-state index in [0.29, 0.717) is 36.9 Å². The molecule has 4 saturated carbocycles. The number of carboxylic acids is 1. The van der Waals surface area contributed by atoms with Gasteiger partial charge in [0.05, 0.1) is 0 Å². The molecule has 0 amide bonds. The second-order valence-corrected chi connectivity index (χ2v) is 14.0. The Bertz CT molecular complexity index is 884. The quantitative estimate of drug-likeness (QED) is 0.431. The molecule has 0 aromatic rings. The van der Waals surface area contributed by atoms with Crippen LogP contribution in [0.15, 0.2) is 11.6 Å². The number of aliphatic hydroxyl groups is 1. The minimum atomic E-state index is -1.65. The largest absolute Gasteiger partial charge is 0.479 e. The molecule has 4 rings (SSSR count). The SMILES string of the molecule is CC(C)=CCC[C@@](O)(C(=O)O)[C@H]1CC[C@]2(C)[C@@H]1CC[C@H]1[C@@]3(C)CCC(=O)C(C)(C)[C@@H]3CC[C@]12C. The number of carbonyl (C=O) groups is 2. The molecule has 8 atom stereocenters. The molecule has 4 nitrogen and oxygen atoms in total. The van der Waals surface area contributed by atoms with Gasteiger partial charge in [-0.25, -0.2) is 4.79 Å². The molecule has 4 aliphatic carbocycles. The van der Waals surface area contributed by atoms with E-state index in [4.69, 9.17) is 0 Å². The van der Waals surface area contributed by atoms with Crippen molar-refractivity contribution in [1.82, 2.24) is 0 Å². The van der Waals surface area contributed by atoms with E-state index in [1.807, 2.05) is 13.8 Å². The lowest BCUT2D eigenvalue weighted by Gasteiger charge is -2.69. The van der Waals surface area contributed by atoms with Crippen LogP contribution in [-0.2, 0) is 9.59 Å². The van der Waals surface area contributed by atoms with Crippen molar-refractivity contribution in [2.75, 3.05) is 0 Å². The Morgan fingerprint density at radius 1 is 0.971 bits per heavy atom. The van der Waals surface area contributed by atoms with Crippen LogP contribution in [0.1, 0.15) is 113 Å². The Labute approximate surface area is 207 Å². The summed E-state index contributed by atoms with van der Waals surface area (Å²) >= 11 is 0. The molecule has 0 aliphatic heterocycles. The second kappa shape index (κ2) is 8.18. The van der Waals surface area contributed by atoms with Crippen LogP contribution in [0, 0.1) is 45.3 Å². The molecule has 4 heteroatoms. The van der Waals surface area contributed by atoms with E-state index in [1.165, 1.54) is 0 Å². The first-order valence-electron chi connectivity index (χ1n) is 13.8. The molecular formula is C30H48O4. The molecule has 0 radical (unpaired) electrons. The number of allylic oxidation sites excluding steroid dienone is 2. The summed E-state index contributed by atoms with van der Waals surface area (Å²) < 4.78 is 0. The van der Waals surface area contributed by atoms with Gasteiger partial charge in [0.25, 0.3) is 0 Å². The van der Waals surface area contributed by atoms with E-state index in [0.717, 1.165) is 50.5 Å². The average molecular weight is 473 g/mol. The third-order valence-electron chi connectivity index (χ3n) is 12.2. The number of Topliss-reactive ketones (excluding diaryl/α,β-unsaturated/α-hetero) is 1. The molecule has 0 saturated heterocycles. The van der Waals surface area contributed by atoms with Crippen LogP contribution in [0.2, 0.25) is 0 Å². The summed E-state index contributed by atoms with van der Waals surface area (Å²) in [7, 11) is 0. The van der Waals surface area contributed by atoms with Crippen LogP contribution in [-0.4, -0.2) is 27.6 Å². The van der Waals surface area contributed by atoms with Crippen LogP contribution in [0.3, 0.4) is 0 Å². The summed E-state index contributed by atoms with van der Waals surface area (Å²) in [4.78, 5) is 25.3. The first kappa shape index (κ1) is 25.9. The van der Waals surface area contributed by atoms with Crippen molar-refractivity contribution in [1.29, 1.82) is 0 Å². The molecule has 0 heterocycles. The Balaban J connectivity index is 1.66. The average Bonchev–Trinajstić information content (AvgIpc) is 3.09. The highest BCUT2D eigenvalue weighted by Gasteiger charge is 2.70. The van der Waals surface area contributed by atoms with Gasteiger partial charge in [-0.2, -0.15) is 0 Å². The lowest BCUT2D eigenvalue weighted by atomic mass is 9.35. The molecule has 192 valence electrons. The third-order valence-corrected chi connectivity index (χ3v) is 12.2. The van der Waals surface area contributed by atoms with E-state index in [9.17, 15) is 19.8 Å². The van der Waals surface area contributed by atoms with Crippen molar-refractivity contribution in [2.24, 2.45) is 45.3 Å². The minimum absolute atomic E-state index is 0.0279. The predicted molar refractivity (Wildman–Crippen MR) is 135 cm³/mol. The number of aliphatic carboxylic acids is 1. The zero-order chi connectivity index (χ0) is 25.3. The van der Waals surface area contributed by atoms with Crippen molar-refractivity contribution in [3.63, 3.8) is 0 Å². The number of hydrogen-bond acceptors (Lipinski definition) is 3. The molecule has 4 fully saturated rings. The van der Waals surface area contributed by atoms with Gasteiger partial charge in [-0.3, -0.25) is 4.79 Å². The number of hydrogen-bond donors (Lipinski definition) is 2. The monoisotopic (exact) mass is 472 g/mol. The molecule has 0 unspecified atom stereocenters. The Morgan fingerprint density at radius 2 is 1.62 bits per heavy atom. The van der Waals surface area contributed by atoms with Crippen molar-refractivity contribution in [3.05, 3.63) is 11.6 Å². The lowest BCUT2D eigenvalue weighted by Crippen LogP contribution is -2.64. The number of fused-ring (bicyclic) bond motifs is 5. The number of carbonyl (C=O) groups excluding carboxylic acids is 1. The third kappa shape index (κ3) is 3.40. The van der Waals surface area contributed by atoms with Gasteiger partial charge in [-0.1, -0.05) is 46.3 Å². The first-order valence-corrected chi connectivity index (χ1v) is 13.8. The Morgan fingerprint density at radius 3 is 2.24 bits per heavy atom. The lowest BCUT2D eigenvalue weighted by molar-refractivity contribution is -0.209. The van der Waals surface area contributed by atoms with Gasteiger partial charge in [0, 0.05) is 17.8 Å². The summed E-state index contributed by atoms with van der Waals surface area (Å²) in [6, 6.07) is 0. The van der Waals surface area contributed by atoms with Crippen molar-refractivity contribution in [3.8, 4) is 0 Å². The summed E-state index contributed by atoms with van der Waals surface area (Å²) in [5.74, 6) is 0.418. The number of ketones is 1. The Kier molecular flexibility index (Phi) is 6.24. The zero-order valence-electron chi connectivity index (χ0n) is 22.7. The van der Waals surface area contributed by atoms with E-state index in [2.05, 4.69) is 40.7 Å². The van der Waals surface area contributed by atoms with Gasteiger partial charge in [-0.05, 0) is 106 Å². The van der Waals surface area contributed by atoms with Gasteiger partial charge in [0.2, 0.25) is 0 Å². The molecule has 0 bridgehead atoms. The van der Waals surface area contributed by atoms with Crippen molar-refractivity contribution < 1.29 is 19.8 Å². The summed E-state index contributed by atoms with van der Waals surface area (Å²) in [5.41, 5.74) is -0.443. The van der Waals surface area contributed by atoms with Gasteiger partial charge in [0.15, 0.2) is 5.60 Å². The summed E-state index contributed by atoms with van der Waals surface area (Å²) in [5, 5.41) is 21.8. The summed E-state index contributed by atoms with van der Waals surface area (Å²) in [6.45, 7) is 15.8. The van der Waals surface area contributed by atoms with Crippen molar-refractivity contribution >= 4 is 11.8 Å². The second-order valence-electron chi connectivity index (χ2n) is 14.0. The fraction of sp³-hybridized carbons (Fsp3) is 0.867. The van der Waals surface area contributed by atoms with Crippen LogP contribution in [0.25, 0.3) is 0 Å². The minimum Gasteiger partial charge on any atom is -0.479 e. The molecule has 2 N–H and O–H groups in total. The fourth-order valence-corrected chi connectivity index (χ4v) is 10.1. The van der Waals surface area contributed by atoms with Crippen LogP contribution >= 0.6 is 0 Å². The summed E-state index contributed by atoms with van der Waals surface area (Å²) in [6.07, 6.45) is 10.7. The standard InChI is InChI=1S/C30H48O4/c1-19(2)9-8-15-30(34,25(32)33)21-12-17-28(6)20(21)10-11-23-27(5)16-14-24(31)26(3,4)22(27)13-18-29(23,28)7/h9,20-23,34H,8,10-18H2,1-7H3,(H,32,33)/t20-,21+,22+,23+,27+,28-,29-,30+/m1/s1. The predicted octanol–water partition coefficient (Wildman–Crippen LogP) is 6.80. The van der Waals surface area contributed by atoms with E-state index < -0.39 is 11.6 Å². The molecule has 4 aliphatic rings. The normalized spacial score (nSPS) is 44.9. The van der Waals surface area contributed by atoms with Crippen molar-refractivity contribution in [2.45, 2.75) is 118 Å². The van der Waals surface area contributed by atoms with E-state index >= 15 is 0 Å².